The molecule has 0 spiro atoms. The van der Waals surface area contributed by atoms with Crippen molar-refractivity contribution in [2.24, 2.45) is 0 Å². The lowest BCUT2D eigenvalue weighted by molar-refractivity contribution is -0.143. The molecule has 2 N–H and O–H groups in total. The van der Waals surface area contributed by atoms with E-state index >= 15 is 0 Å². The number of aryl methyl sites for hydroxylation is 2. The number of rotatable bonds is 4. The van der Waals surface area contributed by atoms with Crippen LogP contribution >= 0.6 is 0 Å². The molecule has 6 nitrogen and oxygen atoms in total. The highest BCUT2D eigenvalue weighted by Gasteiger charge is 2.33. The third-order valence-electron chi connectivity index (χ3n) is 5.37. The van der Waals surface area contributed by atoms with Gasteiger partial charge in [0.15, 0.2) is 0 Å². The van der Waals surface area contributed by atoms with E-state index in [-0.39, 0.29) is 11.9 Å². The van der Waals surface area contributed by atoms with Gasteiger partial charge in [0.25, 0.3) is 5.91 Å². The molecule has 1 atom stereocenters. The molecule has 1 saturated heterocycles. The van der Waals surface area contributed by atoms with E-state index in [1.54, 1.807) is 29.2 Å². The maximum absolute atomic E-state index is 12.8. The van der Waals surface area contributed by atoms with Crippen molar-refractivity contribution in [3.05, 3.63) is 64.7 Å². The second-order valence-corrected chi connectivity index (χ2v) is 7.39. The number of likely N-dealkylation sites (tertiary alicyclic amines) is 1. The van der Waals surface area contributed by atoms with E-state index < -0.39 is 11.8 Å². The lowest BCUT2D eigenvalue weighted by Gasteiger charge is -2.25. The van der Waals surface area contributed by atoms with Crippen LogP contribution in [0.1, 0.15) is 52.9 Å². The molecule has 29 heavy (non-hydrogen) atoms. The molecule has 2 aromatic rings. The van der Waals surface area contributed by atoms with Gasteiger partial charge in [-0.3, -0.25) is 14.4 Å². The van der Waals surface area contributed by atoms with Crippen LogP contribution in [0.3, 0.4) is 0 Å². The molecule has 3 amide bonds. The van der Waals surface area contributed by atoms with E-state index in [0.717, 1.165) is 18.4 Å². The van der Waals surface area contributed by atoms with Crippen molar-refractivity contribution in [1.82, 2.24) is 10.2 Å². The molecule has 1 aliphatic heterocycles. The maximum Gasteiger partial charge on any atom is 0.313 e. The van der Waals surface area contributed by atoms with E-state index in [9.17, 15) is 14.4 Å². The van der Waals surface area contributed by atoms with Crippen LogP contribution in [0.5, 0.6) is 0 Å². The van der Waals surface area contributed by atoms with E-state index in [2.05, 4.69) is 36.6 Å². The molecule has 0 radical (unpaired) electrons. The van der Waals surface area contributed by atoms with Crippen molar-refractivity contribution in [2.45, 2.75) is 39.7 Å². The van der Waals surface area contributed by atoms with Gasteiger partial charge in [0.2, 0.25) is 0 Å². The minimum Gasteiger partial charge on any atom is -0.352 e. The summed E-state index contributed by atoms with van der Waals surface area (Å²) in [6.45, 7) is 7.07. The molecule has 1 heterocycles. The summed E-state index contributed by atoms with van der Waals surface area (Å²) in [7, 11) is 0. The summed E-state index contributed by atoms with van der Waals surface area (Å²) in [5.74, 6) is -1.36. The molecular formula is C23H27N3O3. The number of benzene rings is 2. The molecule has 1 fully saturated rings. The first-order chi connectivity index (χ1) is 13.9. The third-order valence-corrected chi connectivity index (χ3v) is 5.37. The largest absolute Gasteiger partial charge is 0.352 e. The Labute approximate surface area is 171 Å². The summed E-state index contributed by atoms with van der Waals surface area (Å²) in [5, 5.41) is 5.37. The van der Waals surface area contributed by atoms with Gasteiger partial charge >= 0.3 is 11.8 Å². The van der Waals surface area contributed by atoms with Crippen molar-refractivity contribution in [2.75, 3.05) is 18.4 Å². The summed E-state index contributed by atoms with van der Waals surface area (Å²) < 4.78 is 0. The molecule has 0 aromatic heterocycles. The van der Waals surface area contributed by atoms with E-state index in [1.165, 1.54) is 11.1 Å². The average molecular weight is 393 g/mol. The Morgan fingerprint density at radius 3 is 2.41 bits per heavy atom. The van der Waals surface area contributed by atoms with E-state index in [1.807, 2.05) is 13.0 Å². The highest BCUT2D eigenvalue weighted by Crippen LogP contribution is 2.33. The van der Waals surface area contributed by atoms with Gasteiger partial charge in [-0.25, -0.2) is 0 Å². The fraction of sp³-hybridized carbons (Fsp3) is 0.348. The zero-order valence-corrected chi connectivity index (χ0v) is 17.1. The molecule has 1 unspecified atom stereocenters. The van der Waals surface area contributed by atoms with Crippen molar-refractivity contribution in [3.8, 4) is 0 Å². The molecule has 0 aliphatic carbocycles. The Kier molecular flexibility index (Phi) is 6.32. The van der Waals surface area contributed by atoms with Crippen LogP contribution < -0.4 is 10.6 Å². The second-order valence-electron chi connectivity index (χ2n) is 7.39. The standard InChI is InChI=1S/C23H27N3O3/c1-4-24-21(27)17-9-11-19(12-10-17)25-22(28)23(29)26-13-5-6-20(26)18-8-7-15(2)16(3)14-18/h7-12,14,20H,4-6,13H2,1-3H3,(H,24,27)(H,25,28). The molecule has 3 rings (SSSR count). The Hall–Kier alpha value is -3.15. The molecule has 0 bridgehead atoms. The van der Waals surface area contributed by atoms with Crippen molar-refractivity contribution in [3.63, 3.8) is 0 Å². The molecule has 6 heteroatoms. The topological polar surface area (TPSA) is 78.5 Å². The maximum atomic E-state index is 12.8. The molecular weight excluding hydrogens is 366 g/mol. The number of hydrogen-bond acceptors (Lipinski definition) is 3. The first-order valence-electron chi connectivity index (χ1n) is 9.98. The summed E-state index contributed by atoms with van der Waals surface area (Å²) in [6.07, 6.45) is 1.72. The predicted molar refractivity (Wildman–Crippen MR) is 113 cm³/mol. The monoisotopic (exact) mass is 393 g/mol. The first kappa shape index (κ1) is 20.6. The minimum atomic E-state index is -0.661. The van der Waals surface area contributed by atoms with Crippen LogP contribution in [0.25, 0.3) is 0 Å². The molecule has 152 valence electrons. The number of nitrogens with zero attached hydrogens (tertiary/aromatic N) is 1. The second kappa shape index (κ2) is 8.90. The first-order valence-corrected chi connectivity index (χ1v) is 9.98. The van der Waals surface area contributed by atoms with Gasteiger partial charge in [-0.15, -0.1) is 0 Å². The quantitative estimate of drug-likeness (QED) is 0.782. The number of carbonyl (C=O) groups excluding carboxylic acids is 3. The van der Waals surface area contributed by atoms with Gasteiger partial charge < -0.3 is 15.5 Å². The highest BCUT2D eigenvalue weighted by molar-refractivity contribution is 6.39. The Balaban J connectivity index is 1.68. The van der Waals surface area contributed by atoms with Crippen LogP contribution in [0.2, 0.25) is 0 Å². The Morgan fingerprint density at radius 2 is 1.76 bits per heavy atom. The van der Waals surface area contributed by atoms with E-state index in [0.29, 0.717) is 24.3 Å². The number of anilines is 1. The Bertz CT molecular complexity index is 921. The van der Waals surface area contributed by atoms with Gasteiger partial charge in [-0.1, -0.05) is 18.2 Å². The smallest absolute Gasteiger partial charge is 0.313 e. The number of nitrogens with one attached hydrogen (secondary N) is 2. The number of hydrogen-bond donors (Lipinski definition) is 2. The number of carbonyl (C=O) groups is 3. The lowest BCUT2D eigenvalue weighted by atomic mass is 9.99. The Morgan fingerprint density at radius 1 is 1.03 bits per heavy atom. The van der Waals surface area contributed by atoms with Gasteiger partial charge in [0, 0.05) is 24.3 Å². The SMILES string of the molecule is CCNC(=O)c1ccc(NC(=O)C(=O)N2CCCC2c2ccc(C)c(C)c2)cc1. The fourth-order valence-electron chi connectivity index (χ4n) is 3.61. The van der Waals surface area contributed by atoms with Crippen LogP contribution in [0.4, 0.5) is 5.69 Å². The number of amides is 3. The third kappa shape index (κ3) is 4.65. The van der Waals surface area contributed by atoms with E-state index in [4.69, 9.17) is 0 Å². The van der Waals surface area contributed by atoms with Crippen LogP contribution in [-0.2, 0) is 9.59 Å². The van der Waals surface area contributed by atoms with Gasteiger partial charge in [0.1, 0.15) is 0 Å². The predicted octanol–water partition coefficient (Wildman–Crippen LogP) is 3.36. The van der Waals surface area contributed by atoms with Crippen molar-refractivity contribution < 1.29 is 14.4 Å². The van der Waals surface area contributed by atoms with Gasteiger partial charge in [0.05, 0.1) is 6.04 Å². The molecule has 0 saturated carbocycles. The van der Waals surface area contributed by atoms with Gasteiger partial charge in [-0.2, -0.15) is 0 Å². The summed E-state index contributed by atoms with van der Waals surface area (Å²) in [5.41, 5.74) is 4.44. The van der Waals surface area contributed by atoms with Crippen LogP contribution in [-0.4, -0.2) is 35.7 Å². The normalized spacial score (nSPS) is 15.8. The van der Waals surface area contributed by atoms with Crippen LogP contribution in [0.15, 0.2) is 42.5 Å². The zero-order valence-electron chi connectivity index (χ0n) is 17.1. The lowest BCUT2D eigenvalue weighted by Crippen LogP contribution is -2.39. The van der Waals surface area contributed by atoms with Crippen molar-refractivity contribution in [1.29, 1.82) is 0 Å². The van der Waals surface area contributed by atoms with Gasteiger partial charge in [-0.05, 0) is 74.6 Å². The average Bonchev–Trinajstić information content (AvgIpc) is 3.20. The summed E-state index contributed by atoms with van der Waals surface area (Å²) in [6, 6.07) is 12.6. The zero-order chi connectivity index (χ0) is 21.0. The highest BCUT2D eigenvalue weighted by atomic mass is 16.2. The summed E-state index contributed by atoms with van der Waals surface area (Å²) in [4.78, 5) is 38.8. The minimum absolute atomic E-state index is 0.0762. The molecule has 1 aliphatic rings. The van der Waals surface area contributed by atoms with Crippen LogP contribution in [0, 0.1) is 13.8 Å². The fourth-order valence-corrected chi connectivity index (χ4v) is 3.61. The summed E-state index contributed by atoms with van der Waals surface area (Å²) >= 11 is 0. The molecule has 2 aromatic carbocycles. The van der Waals surface area contributed by atoms with Crippen molar-refractivity contribution >= 4 is 23.4 Å².